The number of hydrogen-bond donors (Lipinski definition) is 1. The molecule has 33 heavy (non-hydrogen) atoms. The van der Waals surface area contributed by atoms with Gasteiger partial charge in [0.05, 0.1) is 17.6 Å². The molecule has 172 valence electrons. The van der Waals surface area contributed by atoms with Crippen LogP contribution in [0.15, 0.2) is 43.2 Å². The smallest absolute Gasteiger partial charge is 0.475 e. The van der Waals surface area contributed by atoms with Crippen molar-refractivity contribution in [1.29, 1.82) is 0 Å². The van der Waals surface area contributed by atoms with Crippen molar-refractivity contribution in [2.45, 2.75) is 25.9 Å². The van der Waals surface area contributed by atoms with Crippen molar-refractivity contribution in [3.8, 4) is 11.3 Å². The van der Waals surface area contributed by atoms with Gasteiger partial charge in [-0.1, -0.05) is 0 Å². The average Bonchev–Trinajstić information content (AvgIpc) is 3.02. The zero-order valence-electron chi connectivity index (χ0n) is 17.5. The molecule has 1 amide bonds. The summed E-state index contributed by atoms with van der Waals surface area (Å²) in [6, 6.07) is 3.89. The maximum atomic E-state index is 12.7. The lowest BCUT2D eigenvalue weighted by molar-refractivity contribution is -0.192. The zero-order valence-corrected chi connectivity index (χ0v) is 17.5. The summed E-state index contributed by atoms with van der Waals surface area (Å²) in [5.41, 5.74) is 5.11. The first-order chi connectivity index (χ1) is 15.7. The minimum Gasteiger partial charge on any atom is -0.475 e. The van der Waals surface area contributed by atoms with Crippen LogP contribution in [0.4, 0.5) is 13.2 Å². The van der Waals surface area contributed by atoms with Crippen LogP contribution >= 0.6 is 0 Å². The van der Waals surface area contributed by atoms with Crippen molar-refractivity contribution in [3.63, 3.8) is 0 Å². The highest BCUT2D eigenvalue weighted by Crippen LogP contribution is 2.25. The van der Waals surface area contributed by atoms with Gasteiger partial charge in [0.15, 0.2) is 0 Å². The van der Waals surface area contributed by atoms with E-state index in [-0.39, 0.29) is 5.91 Å². The Morgan fingerprint density at radius 2 is 1.76 bits per heavy atom. The lowest BCUT2D eigenvalue weighted by Crippen LogP contribution is -2.34. The van der Waals surface area contributed by atoms with Gasteiger partial charge in [0.1, 0.15) is 12.0 Å². The summed E-state index contributed by atoms with van der Waals surface area (Å²) in [5.74, 6) is -2.85. The quantitative estimate of drug-likeness (QED) is 0.619. The molecule has 4 rings (SSSR count). The molecule has 0 spiro atoms. The molecule has 1 N–H and O–H groups in total. The molecule has 0 fully saturated rings. The number of alkyl halides is 3. The van der Waals surface area contributed by atoms with Gasteiger partial charge in [-0.15, -0.1) is 0 Å². The lowest BCUT2D eigenvalue weighted by atomic mass is 10.0. The van der Waals surface area contributed by atoms with E-state index < -0.39 is 12.1 Å². The van der Waals surface area contributed by atoms with E-state index >= 15 is 0 Å². The molecule has 0 aliphatic carbocycles. The predicted molar refractivity (Wildman–Crippen MR) is 109 cm³/mol. The Bertz CT molecular complexity index is 1120. The van der Waals surface area contributed by atoms with Crippen LogP contribution in [0, 0.1) is 6.92 Å². The van der Waals surface area contributed by atoms with Crippen LogP contribution in [0.3, 0.4) is 0 Å². The Hall–Kier alpha value is -3.96. The van der Waals surface area contributed by atoms with Gasteiger partial charge >= 0.3 is 12.1 Å². The molecule has 9 nitrogen and oxygen atoms in total. The van der Waals surface area contributed by atoms with E-state index in [9.17, 15) is 18.0 Å². The van der Waals surface area contributed by atoms with Crippen molar-refractivity contribution in [3.05, 3.63) is 65.9 Å². The Kier molecular flexibility index (Phi) is 7.26. The number of pyridine rings is 1. The number of carbonyl (C=O) groups excluding carboxylic acids is 1. The maximum Gasteiger partial charge on any atom is 0.490 e. The van der Waals surface area contributed by atoms with Crippen molar-refractivity contribution in [2.24, 2.45) is 0 Å². The van der Waals surface area contributed by atoms with E-state index in [1.54, 1.807) is 24.9 Å². The first-order valence-electron chi connectivity index (χ1n) is 9.78. The van der Waals surface area contributed by atoms with Crippen molar-refractivity contribution in [2.75, 3.05) is 13.1 Å². The molecule has 12 heteroatoms. The third-order valence-electron chi connectivity index (χ3n) is 4.75. The molecular weight excluding hydrogens is 441 g/mol. The number of aliphatic carboxylic acids is 1. The van der Waals surface area contributed by atoms with Gasteiger partial charge in [-0.3, -0.25) is 14.8 Å². The third kappa shape index (κ3) is 6.05. The highest BCUT2D eigenvalue weighted by Gasteiger charge is 2.38. The van der Waals surface area contributed by atoms with Gasteiger partial charge in [0, 0.05) is 54.9 Å². The number of hydrogen-bond acceptors (Lipinski definition) is 7. The Balaban J connectivity index is 0.000000383. The van der Waals surface area contributed by atoms with Crippen LogP contribution < -0.4 is 0 Å². The SMILES string of the molecule is Cc1cnc(C(=O)N2CCc3ncnc(-c4cccnc4)c3CC2)cn1.O=C(O)C(F)(F)F. The van der Waals surface area contributed by atoms with Crippen LogP contribution in [0.25, 0.3) is 11.3 Å². The van der Waals surface area contributed by atoms with Crippen molar-refractivity contribution >= 4 is 11.9 Å². The number of fused-ring (bicyclic) bond motifs is 1. The molecule has 0 aromatic carbocycles. The molecule has 3 aromatic rings. The largest absolute Gasteiger partial charge is 0.490 e. The fourth-order valence-electron chi connectivity index (χ4n) is 3.15. The lowest BCUT2D eigenvalue weighted by Gasteiger charge is -2.19. The Labute approximate surface area is 186 Å². The Morgan fingerprint density at radius 1 is 1.03 bits per heavy atom. The minimum absolute atomic E-state index is 0.0961. The van der Waals surface area contributed by atoms with Crippen LogP contribution in [0.2, 0.25) is 0 Å². The predicted octanol–water partition coefficient (Wildman–Crippen LogP) is 2.51. The molecule has 4 heterocycles. The summed E-state index contributed by atoms with van der Waals surface area (Å²) in [4.78, 5) is 44.9. The molecule has 1 aliphatic heterocycles. The van der Waals surface area contributed by atoms with Crippen molar-refractivity contribution in [1.82, 2.24) is 29.8 Å². The van der Waals surface area contributed by atoms with Gasteiger partial charge < -0.3 is 10.0 Å². The van der Waals surface area contributed by atoms with Gasteiger partial charge in [0.2, 0.25) is 0 Å². The van der Waals surface area contributed by atoms with E-state index in [2.05, 4.69) is 24.9 Å². The highest BCUT2D eigenvalue weighted by molar-refractivity contribution is 5.92. The maximum absolute atomic E-state index is 12.7. The molecule has 0 bridgehead atoms. The van der Waals surface area contributed by atoms with Gasteiger partial charge in [-0.2, -0.15) is 13.2 Å². The zero-order chi connectivity index (χ0) is 24.0. The summed E-state index contributed by atoms with van der Waals surface area (Å²) in [6.07, 6.45) is 4.60. The summed E-state index contributed by atoms with van der Waals surface area (Å²) < 4.78 is 31.7. The number of aromatic nitrogens is 5. The summed E-state index contributed by atoms with van der Waals surface area (Å²) in [5, 5.41) is 7.12. The van der Waals surface area contributed by atoms with E-state index in [0.717, 1.165) is 28.2 Å². The molecule has 3 aromatic heterocycles. The van der Waals surface area contributed by atoms with Gasteiger partial charge in [-0.05, 0) is 25.5 Å². The molecule has 0 unspecified atom stereocenters. The molecule has 0 saturated heterocycles. The van der Waals surface area contributed by atoms with Crippen molar-refractivity contribution < 1.29 is 27.9 Å². The first-order valence-corrected chi connectivity index (χ1v) is 9.78. The molecule has 1 aliphatic rings. The standard InChI is InChI=1S/C19H18N6O.C2HF3O2/c1-13-9-22-17(11-21-13)19(26)25-7-4-15-16(5-8-25)23-12-24-18(15)14-3-2-6-20-10-14;3-2(4,5)1(6)7/h2-3,6,9-12H,4-5,7-8H2,1H3;(H,6,7). The number of carboxylic acid groups (broad SMARTS) is 1. The number of aryl methyl sites for hydroxylation is 1. The van der Waals surface area contributed by atoms with Crippen LogP contribution in [-0.2, 0) is 17.6 Å². The summed E-state index contributed by atoms with van der Waals surface area (Å²) in [7, 11) is 0. The average molecular weight is 460 g/mol. The molecule has 0 atom stereocenters. The monoisotopic (exact) mass is 460 g/mol. The van der Waals surface area contributed by atoms with Gasteiger partial charge in [0.25, 0.3) is 5.91 Å². The second-order valence-corrected chi connectivity index (χ2v) is 7.03. The Morgan fingerprint density at radius 3 is 2.36 bits per heavy atom. The number of carboxylic acids is 1. The van der Waals surface area contributed by atoms with E-state index in [0.29, 0.717) is 31.6 Å². The minimum atomic E-state index is -5.08. The molecule has 0 saturated carbocycles. The van der Waals surface area contributed by atoms with Crippen LogP contribution in [0.1, 0.15) is 27.4 Å². The van der Waals surface area contributed by atoms with Gasteiger partial charge in [-0.25, -0.2) is 19.7 Å². The number of halogens is 3. The second-order valence-electron chi connectivity index (χ2n) is 7.03. The fraction of sp³-hybridized carbons (Fsp3) is 0.286. The van der Waals surface area contributed by atoms with Crippen LogP contribution in [0.5, 0.6) is 0 Å². The topological polar surface area (TPSA) is 122 Å². The second kappa shape index (κ2) is 10.1. The number of rotatable bonds is 2. The number of amides is 1. The summed E-state index contributed by atoms with van der Waals surface area (Å²) in [6.45, 7) is 3.05. The number of carbonyl (C=O) groups is 2. The fourth-order valence-corrected chi connectivity index (χ4v) is 3.15. The van der Waals surface area contributed by atoms with Crippen LogP contribution in [-0.4, -0.2) is 66.1 Å². The highest BCUT2D eigenvalue weighted by atomic mass is 19.4. The number of nitrogens with zero attached hydrogens (tertiary/aromatic N) is 6. The molecular formula is C21H19F3N6O3. The summed E-state index contributed by atoms with van der Waals surface area (Å²) >= 11 is 0. The van der Waals surface area contributed by atoms with E-state index in [1.807, 2.05) is 24.0 Å². The normalized spacial score (nSPS) is 13.3. The molecule has 0 radical (unpaired) electrons. The van der Waals surface area contributed by atoms with E-state index in [1.165, 1.54) is 6.20 Å². The first kappa shape index (κ1) is 23.7. The third-order valence-corrected chi connectivity index (χ3v) is 4.75. The van der Waals surface area contributed by atoms with E-state index in [4.69, 9.17) is 9.90 Å².